The predicted octanol–water partition coefficient (Wildman–Crippen LogP) is 4.37. The van der Waals surface area contributed by atoms with Crippen molar-refractivity contribution in [1.82, 2.24) is 9.97 Å². The molecule has 0 saturated heterocycles. The van der Waals surface area contributed by atoms with Gasteiger partial charge in [0.05, 0.1) is 27.6 Å². The largest absolute Gasteiger partial charge is 0.493 e. The summed E-state index contributed by atoms with van der Waals surface area (Å²) in [6, 6.07) is 7.24. The summed E-state index contributed by atoms with van der Waals surface area (Å²) in [5.74, 6) is 1.36. The van der Waals surface area contributed by atoms with Crippen LogP contribution in [0.3, 0.4) is 0 Å². The molecule has 0 aliphatic carbocycles. The van der Waals surface area contributed by atoms with E-state index in [0.717, 1.165) is 6.07 Å². The Hall–Kier alpha value is -3.23. The molecule has 0 aliphatic rings. The molecule has 0 amide bonds. The number of halogens is 3. The zero-order chi connectivity index (χ0) is 20.3. The van der Waals surface area contributed by atoms with Crippen molar-refractivity contribution in [1.29, 1.82) is 0 Å². The Kier molecular flexibility index (Phi) is 5.43. The molecule has 2 aromatic heterocycles. The number of alkyl halides is 3. The predicted molar refractivity (Wildman–Crippen MR) is 93.6 cm³/mol. The lowest BCUT2D eigenvalue weighted by molar-refractivity contribution is -0.141. The molecule has 0 bridgehead atoms. The van der Waals surface area contributed by atoms with E-state index in [-0.39, 0.29) is 23.7 Å². The summed E-state index contributed by atoms with van der Waals surface area (Å²) < 4.78 is 60.8. The number of hydrogen-bond acceptors (Lipinski definition) is 6. The topological polar surface area (TPSA) is 66.6 Å². The Morgan fingerprint density at radius 3 is 2.14 bits per heavy atom. The molecule has 0 fully saturated rings. The Balaban J connectivity index is 2.06. The van der Waals surface area contributed by atoms with Crippen LogP contribution in [0.2, 0.25) is 0 Å². The minimum absolute atomic E-state index is 0.0181. The summed E-state index contributed by atoms with van der Waals surface area (Å²) in [4.78, 5) is 7.89. The fourth-order valence-electron chi connectivity index (χ4n) is 2.69. The molecule has 0 aliphatic heterocycles. The average Bonchev–Trinajstić information content (AvgIpc) is 3.21. The first kappa shape index (κ1) is 19.5. The average molecular weight is 394 g/mol. The van der Waals surface area contributed by atoms with Crippen LogP contribution in [0.4, 0.5) is 13.2 Å². The first-order valence-corrected chi connectivity index (χ1v) is 8.13. The van der Waals surface area contributed by atoms with Crippen LogP contribution in [0.15, 0.2) is 41.0 Å². The normalized spacial score (nSPS) is 11.4. The van der Waals surface area contributed by atoms with Crippen molar-refractivity contribution in [2.45, 2.75) is 12.6 Å². The van der Waals surface area contributed by atoms with Gasteiger partial charge in [-0.25, -0.2) is 9.97 Å². The monoisotopic (exact) mass is 394 g/mol. The summed E-state index contributed by atoms with van der Waals surface area (Å²) in [7, 11) is 4.37. The molecule has 0 saturated carbocycles. The Morgan fingerprint density at radius 2 is 1.64 bits per heavy atom. The number of hydrogen-bond donors (Lipinski definition) is 0. The van der Waals surface area contributed by atoms with Crippen molar-refractivity contribution in [3.63, 3.8) is 0 Å². The van der Waals surface area contributed by atoms with Crippen molar-refractivity contribution in [3.05, 3.63) is 53.7 Å². The maximum atomic E-state index is 13.3. The smallest absolute Gasteiger partial charge is 0.433 e. The highest BCUT2D eigenvalue weighted by Gasteiger charge is 2.34. The third kappa shape index (κ3) is 4.03. The molecular formula is C19H17F3N2O4. The Labute approximate surface area is 158 Å². The lowest BCUT2D eigenvalue weighted by atomic mass is 10.1. The van der Waals surface area contributed by atoms with Gasteiger partial charge in [-0.3, -0.25) is 0 Å². The van der Waals surface area contributed by atoms with Gasteiger partial charge >= 0.3 is 6.18 Å². The molecule has 28 heavy (non-hydrogen) atoms. The van der Waals surface area contributed by atoms with Crippen LogP contribution in [0.1, 0.15) is 17.1 Å². The van der Waals surface area contributed by atoms with Crippen LogP contribution < -0.4 is 14.2 Å². The van der Waals surface area contributed by atoms with Crippen molar-refractivity contribution < 1.29 is 31.8 Å². The fourth-order valence-corrected chi connectivity index (χ4v) is 2.69. The second-order valence-electron chi connectivity index (χ2n) is 5.74. The van der Waals surface area contributed by atoms with Crippen molar-refractivity contribution in [3.8, 4) is 28.7 Å². The van der Waals surface area contributed by atoms with Crippen molar-refractivity contribution in [2.75, 3.05) is 21.3 Å². The number of methoxy groups -OCH3 is 3. The highest BCUT2D eigenvalue weighted by molar-refractivity contribution is 5.55. The van der Waals surface area contributed by atoms with Gasteiger partial charge in [-0.05, 0) is 35.9 Å². The third-order valence-corrected chi connectivity index (χ3v) is 3.92. The zero-order valence-electron chi connectivity index (χ0n) is 15.3. The number of rotatable bonds is 6. The molecule has 3 rings (SSSR count). The summed E-state index contributed by atoms with van der Waals surface area (Å²) in [6.07, 6.45) is -3.23. The van der Waals surface area contributed by atoms with E-state index >= 15 is 0 Å². The van der Waals surface area contributed by atoms with E-state index in [1.54, 1.807) is 18.2 Å². The summed E-state index contributed by atoms with van der Waals surface area (Å²) >= 11 is 0. The van der Waals surface area contributed by atoms with Gasteiger partial charge in [0.15, 0.2) is 17.3 Å². The van der Waals surface area contributed by atoms with E-state index in [1.807, 2.05) is 0 Å². The van der Waals surface area contributed by atoms with Gasteiger partial charge in [0, 0.05) is 6.42 Å². The maximum absolute atomic E-state index is 13.3. The summed E-state index contributed by atoms with van der Waals surface area (Å²) in [5, 5.41) is 0. The first-order chi connectivity index (χ1) is 13.4. The van der Waals surface area contributed by atoms with E-state index in [0.29, 0.717) is 22.8 Å². The Bertz CT molecular complexity index is 931. The lowest BCUT2D eigenvalue weighted by Gasteiger charge is -2.14. The molecule has 148 valence electrons. The second kappa shape index (κ2) is 7.79. The van der Waals surface area contributed by atoms with Gasteiger partial charge in [0.2, 0.25) is 5.75 Å². The van der Waals surface area contributed by atoms with E-state index in [2.05, 4.69) is 9.97 Å². The number of aromatic nitrogens is 2. The SMILES string of the molecule is COc1cc(Cc2nc(-c3ccco3)cc(C(F)(F)F)n2)cc(OC)c1OC. The molecule has 0 radical (unpaired) electrons. The number of ether oxygens (including phenoxy) is 3. The van der Waals surface area contributed by atoms with E-state index in [4.69, 9.17) is 18.6 Å². The molecule has 9 heteroatoms. The van der Waals surface area contributed by atoms with Crippen LogP contribution in [0, 0.1) is 0 Å². The third-order valence-electron chi connectivity index (χ3n) is 3.92. The van der Waals surface area contributed by atoms with Crippen LogP contribution in [-0.2, 0) is 12.6 Å². The molecule has 2 heterocycles. The summed E-state index contributed by atoms with van der Waals surface area (Å²) in [6.45, 7) is 0. The van der Waals surface area contributed by atoms with Crippen LogP contribution in [0.25, 0.3) is 11.5 Å². The first-order valence-electron chi connectivity index (χ1n) is 8.13. The Morgan fingerprint density at radius 1 is 0.964 bits per heavy atom. The van der Waals surface area contributed by atoms with Crippen LogP contribution in [0.5, 0.6) is 17.2 Å². The molecule has 0 atom stereocenters. The minimum atomic E-state index is -4.62. The molecule has 1 aromatic carbocycles. The summed E-state index contributed by atoms with van der Waals surface area (Å²) in [5.41, 5.74) is -0.398. The van der Waals surface area contributed by atoms with Crippen LogP contribution in [-0.4, -0.2) is 31.3 Å². The van der Waals surface area contributed by atoms with Gasteiger partial charge in [-0.2, -0.15) is 13.2 Å². The van der Waals surface area contributed by atoms with E-state index < -0.39 is 11.9 Å². The number of furan rings is 1. The molecule has 0 unspecified atom stereocenters. The molecule has 3 aromatic rings. The van der Waals surface area contributed by atoms with Crippen molar-refractivity contribution >= 4 is 0 Å². The van der Waals surface area contributed by atoms with E-state index in [1.165, 1.54) is 33.7 Å². The van der Waals surface area contributed by atoms with Gasteiger partial charge in [-0.1, -0.05) is 0 Å². The van der Waals surface area contributed by atoms with Gasteiger partial charge in [-0.15, -0.1) is 0 Å². The zero-order valence-corrected chi connectivity index (χ0v) is 15.3. The van der Waals surface area contributed by atoms with Crippen molar-refractivity contribution in [2.24, 2.45) is 0 Å². The second-order valence-corrected chi connectivity index (χ2v) is 5.74. The molecular weight excluding hydrogens is 377 g/mol. The van der Waals surface area contributed by atoms with Crippen LogP contribution >= 0.6 is 0 Å². The van der Waals surface area contributed by atoms with Gasteiger partial charge in [0.25, 0.3) is 0 Å². The fraction of sp³-hybridized carbons (Fsp3) is 0.263. The number of benzene rings is 1. The number of nitrogens with zero attached hydrogens (tertiary/aromatic N) is 2. The highest BCUT2D eigenvalue weighted by Crippen LogP contribution is 2.39. The highest BCUT2D eigenvalue weighted by atomic mass is 19.4. The van der Waals surface area contributed by atoms with E-state index in [9.17, 15) is 13.2 Å². The molecule has 0 spiro atoms. The van der Waals surface area contributed by atoms with Gasteiger partial charge < -0.3 is 18.6 Å². The lowest BCUT2D eigenvalue weighted by Crippen LogP contribution is -2.12. The quantitative estimate of drug-likeness (QED) is 0.619. The minimum Gasteiger partial charge on any atom is -0.493 e. The molecule has 0 N–H and O–H groups in total. The molecule has 6 nitrogen and oxygen atoms in total. The van der Waals surface area contributed by atoms with Gasteiger partial charge in [0.1, 0.15) is 17.2 Å². The standard InChI is InChI=1S/C19H17F3N2O4/c1-25-14-7-11(8-15(26-2)18(14)27-3)9-17-23-12(13-5-4-6-28-13)10-16(24-17)19(20,21)22/h4-8,10H,9H2,1-3H3. The maximum Gasteiger partial charge on any atom is 0.433 e.